The van der Waals surface area contributed by atoms with Crippen LogP contribution in [-0.4, -0.2) is 23.3 Å². The van der Waals surface area contributed by atoms with Gasteiger partial charge in [-0.1, -0.05) is 34.1 Å². The maximum absolute atomic E-state index is 12.6. The second-order valence-electron chi connectivity index (χ2n) is 10.6. The van der Waals surface area contributed by atoms with Crippen LogP contribution in [0.5, 0.6) is 11.5 Å². The minimum absolute atomic E-state index is 0.0569. The Morgan fingerprint density at radius 3 is 2.46 bits per heavy atom. The maximum atomic E-state index is 12.6. The first-order valence-corrected chi connectivity index (χ1v) is 10.7. The first-order chi connectivity index (χ1) is 13.1. The van der Waals surface area contributed by atoms with Crippen molar-refractivity contribution in [2.75, 3.05) is 7.11 Å². The minimum atomic E-state index is -0.426. The number of carbonyl (C=O) groups excluding carboxylic acids is 1. The molecule has 3 aliphatic carbocycles. The third-order valence-electron chi connectivity index (χ3n) is 8.83. The Hall–Kier alpha value is -1.71. The van der Waals surface area contributed by atoms with Crippen molar-refractivity contribution in [3.8, 4) is 11.5 Å². The summed E-state index contributed by atoms with van der Waals surface area (Å²) in [6.45, 7) is 9.61. The van der Waals surface area contributed by atoms with Crippen molar-refractivity contribution < 1.29 is 19.7 Å². The summed E-state index contributed by atoms with van der Waals surface area (Å²) in [6.07, 6.45) is 7.60. The molecular formula is C24H34O4. The molecule has 4 heteroatoms. The summed E-state index contributed by atoms with van der Waals surface area (Å²) in [7, 11) is 1.38. The number of ether oxygens (including phenoxy) is 1. The number of aromatic hydroxyl groups is 2. The van der Waals surface area contributed by atoms with E-state index in [4.69, 9.17) is 4.74 Å². The van der Waals surface area contributed by atoms with Gasteiger partial charge in [-0.2, -0.15) is 0 Å². The number of rotatable bonds is 1. The molecule has 28 heavy (non-hydrogen) atoms. The van der Waals surface area contributed by atoms with Gasteiger partial charge in [-0.05, 0) is 78.2 Å². The Balaban J connectivity index is 1.91. The van der Waals surface area contributed by atoms with Gasteiger partial charge in [0, 0.05) is 5.56 Å². The van der Waals surface area contributed by atoms with Gasteiger partial charge in [0.05, 0.1) is 12.7 Å². The molecule has 0 heterocycles. The van der Waals surface area contributed by atoms with E-state index in [2.05, 4.69) is 27.7 Å². The molecular weight excluding hydrogens is 352 g/mol. The fourth-order valence-electron chi connectivity index (χ4n) is 7.77. The van der Waals surface area contributed by atoms with Crippen LogP contribution in [0.15, 0.2) is 6.07 Å². The number of phenolic OH excluding ortho intramolecular Hbond substituents is 2. The van der Waals surface area contributed by atoms with Crippen molar-refractivity contribution >= 4 is 5.97 Å². The molecule has 0 unspecified atom stereocenters. The van der Waals surface area contributed by atoms with Gasteiger partial charge in [0.25, 0.3) is 0 Å². The molecule has 0 radical (unpaired) electrons. The lowest BCUT2D eigenvalue weighted by molar-refractivity contribution is -0.110. The summed E-state index contributed by atoms with van der Waals surface area (Å²) >= 11 is 0. The molecule has 3 aliphatic rings. The molecule has 2 N–H and O–H groups in total. The van der Waals surface area contributed by atoms with Crippen molar-refractivity contribution in [3.63, 3.8) is 0 Å². The van der Waals surface area contributed by atoms with Crippen LogP contribution in [0.2, 0.25) is 0 Å². The molecule has 1 aromatic carbocycles. The van der Waals surface area contributed by atoms with Gasteiger partial charge in [-0.25, -0.2) is 4.79 Å². The van der Waals surface area contributed by atoms with Crippen molar-refractivity contribution in [1.29, 1.82) is 0 Å². The summed E-state index contributed by atoms with van der Waals surface area (Å²) < 4.78 is 5.06. The average molecular weight is 387 g/mol. The molecule has 1 aromatic rings. The number of methoxy groups -OCH3 is 1. The highest BCUT2D eigenvalue weighted by molar-refractivity contribution is 5.93. The van der Waals surface area contributed by atoms with Gasteiger partial charge >= 0.3 is 5.97 Å². The molecule has 0 amide bonds. The molecule has 0 saturated heterocycles. The van der Waals surface area contributed by atoms with Crippen LogP contribution >= 0.6 is 0 Å². The second-order valence-corrected chi connectivity index (χ2v) is 10.6. The summed E-state index contributed by atoms with van der Waals surface area (Å²) in [6, 6.07) is 1.41. The SMILES string of the molecule is COC(=O)c1cc(O)c(O)c2c1[C@]1(C)CC[C@H]3C(C)(C)CCC[C@]3(C)[C@H]1CC2. The van der Waals surface area contributed by atoms with Gasteiger partial charge in [-0.3, -0.25) is 0 Å². The monoisotopic (exact) mass is 386 g/mol. The maximum Gasteiger partial charge on any atom is 0.338 e. The lowest BCUT2D eigenvalue weighted by Crippen LogP contribution is -2.58. The van der Waals surface area contributed by atoms with E-state index in [-0.39, 0.29) is 22.3 Å². The van der Waals surface area contributed by atoms with E-state index in [1.807, 2.05) is 0 Å². The van der Waals surface area contributed by atoms with E-state index >= 15 is 0 Å². The molecule has 0 bridgehead atoms. The molecule has 0 aromatic heterocycles. The highest BCUT2D eigenvalue weighted by Gasteiger charge is 2.60. The number of esters is 1. The van der Waals surface area contributed by atoms with E-state index < -0.39 is 5.97 Å². The highest BCUT2D eigenvalue weighted by Crippen LogP contribution is 2.67. The number of fused-ring (bicyclic) bond motifs is 5. The number of benzene rings is 1. The number of hydrogen-bond donors (Lipinski definition) is 2. The lowest BCUT2D eigenvalue weighted by atomic mass is 9.40. The van der Waals surface area contributed by atoms with Crippen molar-refractivity contribution in [3.05, 3.63) is 22.8 Å². The standard InChI is InChI=1S/C24H34O4/c1-22(2)10-6-11-23(3)17(22)9-12-24(4)18(23)8-7-14-19(24)15(21(27)28-5)13-16(25)20(14)26/h13,17-18,25-26H,6-12H2,1-5H3/t17-,18+,23-,24+/m0/s1. The third kappa shape index (κ3) is 2.45. The highest BCUT2D eigenvalue weighted by atomic mass is 16.5. The molecule has 0 spiro atoms. The van der Waals surface area contributed by atoms with Gasteiger partial charge < -0.3 is 14.9 Å². The Morgan fingerprint density at radius 1 is 1.07 bits per heavy atom. The van der Waals surface area contributed by atoms with Crippen LogP contribution in [0.4, 0.5) is 0 Å². The largest absolute Gasteiger partial charge is 0.504 e. The van der Waals surface area contributed by atoms with Crippen LogP contribution in [0.1, 0.15) is 87.7 Å². The zero-order chi connectivity index (χ0) is 20.5. The van der Waals surface area contributed by atoms with Crippen LogP contribution < -0.4 is 0 Å². The van der Waals surface area contributed by atoms with E-state index in [1.165, 1.54) is 32.4 Å². The molecule has 0 aliphatic heterocycles. The topological polar surface area (TPSA) is 66.8 Å². The predicted octanol–water partition coefficient (Wildman–Crippen LogP) is 5.33. The zero-order valence-electron chi connectivity index (χ0n) is 17.9. The second kappa shape index (κ2) is 6.14. The van der Waals surface area contributed by atoms with Crippen molar-refractivity contribution in [2.45, 2.75) is 78.1 Å². The van der Waals surface area contributed by atoms with Crippen molar-refractivity contribution in [2.24, 2.45) is 22.7 Å². The average Bonchev–Trinajstić information content (AvgIpc) is 2.62. The van der Waals surface area contributed by atoms with E-state index in [9.17, 15) is 15.0 Å². The smallest absolute Gasteiger partial charge is 0.338 e. The molecule has 2 saturated carbocycles. The third-order valence-corrected chi connectivity index (χ3v) is 8.83. The summed E-state index contributed by atoms with van der Waals surface area (Å²) in [4.78, 5) is 12.6. The van der Waals surface area contributed by atoms with Gasteiger partial charge in [0.2, 0.25) is 0 Å². The van der Waals surface area contributed by atoms with Crippen molar-refractivity contribution in [1.82, 2.24) is 0 Å². The number of carbonyl (C=O) groups is 1. The molecule has 4 atom stereocenters. The lowest BCUT2D eigenvalue weighted by Gasteiger charge is -2.64. The number of phenols is 2. The fourth-order valence-corrected chi connectivity index (χ4v) is 7.77. The zero-order valence-corrected chi connectivity index (χ0v) is 17.9. The van der Waals surface area contributed by atoms with E-state index in [0.29, 0.717) is 29.2 Å². The predicted molar refractivity (Wildman–Crippen MR) is 109 cm³/mol. The van der Waals surface area contributed by atoms with Gasteiger partial charge in [0.15, 0.2) is 11.5 Å². The quantitative estimate of drug-likeness (QED) is 0.506. The minimum Gasteiger partial charge on any atom is -0.504 e. The summed E-state index contributed by atoms with van der Waals surface area (Å²) in [5.74, 6) is 0.432. The van der Waals surface area contributed by atoms with Crippen LogP contribution in [0.25, 0.3) is 0 Å². The molecule has 154 valence electrons. The van der Waals surface area contributed by atoms with Gasteiger partial charge in [0.1, 0.15) is 0 Å². The molecule has 4 nitrogen and oxygen atoms in total. The Kier molecular flexibility index (Phi) is 4.30. The Morgan fingerprint density at radius 2 is 1.79 bits per heavy atom. The first-order valence-electron chi connectivity index (χ1n) is 10.7. The number of hydrogen-bond acceptors (Lipinski definition) is 4. The first kappa shape index (κ1) is 19.6. The summed E-state index contributed by atoms with van der Waals surface area (Å²) in [5, 5.41) is 20.8. The van der Waals surface area contributed by atoms with E-state index in [1.54, 1.807) is 0 Å². The van der Waals surface area contributed by atoms with Gasteiger partial charge in [-0.15, -0.1) is 0 Å². The van der Waals surface area contributed by atoms with E-state index in [0.717, 1.165) is 30.4 Å². The summed E-state index contributed by atoms with van der Waals surface area (Å²) in [5.41, 5.74) is 2.48. The Bertz CT molecular complexity index is 826. The normalized spacial score (nSPS) is 36.0. The van der Waals surface area contributed by atoms with Crippen LogP contribution in [-0.2, 0) is 16.6 Å². The van der Waals surface area contributed by atoms with Crippen LogP contribution in [0, 0.1) is 22.7 Å². The molecule has 2 fully saturated rings. The molecule has 4 rings (SSSR count). The van der Waals surface area contributed by atoms with Crippen LogP contribution in [0.3, 0.4) is 0 Å². The fraction of sp³-hybridized carbons (Fsp3) is 0.708. The Labute approximate surface area is 168 Å².